The minimum atomic E-state index is -0.931. The van der Waals surface area contributed by atoms with Crippen molar-refractivity contribution in [2.24, 2.45) is 0 Å². The monoisotopic (exact) mass is 419 g/mol. The number of halogens is 1. The molecule has 148 valence electrons. The fraction of sp³-hybridized carbons (Fsp3) is 0.333. The van der Waals surface area contributed by atoms with E-state index >= 15 is 0 Å². The number of ether oxygens (including phenoxy) is 2. The number of hydrogen-bond donors (Lipinski definition) is 1. The quantitative estimate of drug-likeness (QED) is 0.516. The molecule has 2 aromatic rings. The van der Waals surface area contributed by atoms with Crippen LogP contribution >= 0.6 is 23.4 Å². The molecule has 0 unspecified atom stereocenters. The van der Waals surface area contributed by atoms with Crippen LogP contribution in [0.5, 0.6) is 0 Å². The zero-order valence-electron chi connectivity index (χ0n) is 15.5. The minimum absolute atomic E-state index is 0.221. The fourth-order valence-electron chi connectivity index (χ4n) is 2.77. The summed E-state index contributed by atoms with van der Waals surface area (Å²) in [5.41, 5.74) is 1.04. The molecule has 0 aliphatic carbocycles. The van der Waals surface area contributed by atoms with Crippen molar-refractivity contribution in [3.63, 3.8) is 0 Å². The Morgan fingerprint density at radius 1 is 1.25 bits per heavy atom. The number of rotatable bonds is 7. The molecule has 0 bridgehead atoms. The van der Waals surface area contributed by atoms with Crippen molar-refractivity contribution in [1.29, 1.82) is 0 Å². The van der Waals surface area contributed by atoms with Gasteiger partial charge in [-0.15, -0.1) is 11.8 Å². The van der Waals surface area contributed by atoms with E-state index in [1.54, 1.807) is 55.1 Å². The van der Waals surface area contributed by atoms with Gasteiger partial charge in [0.1, 0.15) is 0 Å². The van der Waals surface area contributed by atoms with Crippen LogP contribution in [-0.4, -0.2) is 36.4 Å². The summed E-state index contributed by atoms with van der Waals surface area (Å²) >= 11 is 7.41. The second-order valence-corrected chi connectivity index (χ2v) is 7.98. The molecule has 1 aliphatic heterocycles. The lowest BCUT2D eigenvalue weighted by atomic mass is 10.2. The summed E-state index contributed by atoms with van der Waals surface area (Å²) in [5, 5.41) is 3.28. The van der Waals surface area contributed by atoms with Crippen LogP contribution < -0.4 is 5.32 Å². The SMILES string of the molecule is C[C@@H](OC(=O)c1ccccc1SC[C@@H]1CCCO1)C(=O)Nc1ccc(Cl)cc1. The largest absolute Gasteiger partial charge is 0.449 e. The van der Waals surface area contributed by atoms with E-state index in [0.717, 1.165) is 30.1 Å². The molecule has 0 saturated carbocycles. The molecule has 1 aliphatic rings. The van der Waals surface area contributed by atoms with E-state index in [1.807, 2.05) is 12.1 Å². The van der Waals surface area contributed by atoms with Crippen LogP contribution in [-0.2, 0) is 14.3 Å². The first kappa shape index (κ1) is 20.7. The molecule has 28 heavy (non-hydrogen) atoms. The van der Waals surface area contributed by atoms with Gasteiger partial charge in [-0.1, -0.05) is 23.7 Å². The van der Waals surface area contributed by atoms with Gasteiger partial charge < -0.3 is 14.8 Å². The Labute approximate surface area is 173 Å². The van der Waals surface area contributed by atoms with E-state index in [-0.39, 0.29) is 6.10 Å². The maximum absolute atomic E-state index is 12.6. The van der Waals surface area contributed by atoms with Crippen LogP contribution in [0, 0.1) is 0 Å². The first-order valence-corrected chi connectivity index (χ1v) is 10.5. The van der Waals surface area contributed by atoms with Crippen LogP contribution in [0.1, 0.15) is 30.1 Å². The highest BCUT2D eigenvalue weighted by Crippen LogP contribution is 2.27. The summed E-state index contributed by atoms with van der Waals surface area (Å²) in [7, 11) is 0. The molecule has 5 nitrogen and oxygen atoms in total. The van der Waals surface area contributed by atoms with Gasteiger partial charge in [-0.2, -0.15) is 0 Å². The second kappa shape index (κ2) is 9.96. The number of nitrogens with one attached hydrogen (secondary N) is 1. The Bertz CT molecular complexity index is 821. The molecule has 0 radical (unpaired) electrons. The lowest BCUT2D eigenvalue weighted by molar-refractivity contribution is -0.123. The normalized spacial score (nSPS) is 17.1. The Morgan fingerprint density at radius 3 is 2.71 bits per heavy atom. The zero-order chi connectivity index (χ0) is 19.9. The van der Waals surface area contributed by atoms with E-state index in [0.29, 0.717) is 16.3 Å². The highest BCUT2D eigenvalue weighted by atomic mass is 35.5. The van der Waals surface area contributed by atoms with Crippen molar-refractivity contribution >= 4 is 40.9 Å². The standard InChI is InChI=1S/C21H22ClNO4S/c1-14(20(24)23-16-10-8-15(22)9-11-16)27-21(25)18-6-2-3-7-19(18)28-13-17-5-4-12-26-17/h2-3,6-11,14,17H,4-5,12-13H2,1H3,(H,23,24)/t14-,17+/m1/s1. The maximum Gasteiger partial charge on any atom is 0.340 e. The first-order chi connectivity index (χ1) is 13.5. The predicted octanol–water partition coefficient (Wildman–Crippen LogP) is 4.80. The van der Waals surface area contributed by atoms with Gasteiger partial charge in [0.2, 0.25) is 0 Å². The van der Waals surface area contributed by atoms with Crippen molar-refractivity contribution in [2.75, 3.05) is 17.7 Å². The third kappa shape index (κ3) is 5.74. The highest BCUT2D eigenvalue weighted by molar-refractivity contribution is 7.99. The van der Waals surface area contributed by atoms with Crippen LogP contribution in [0.2, 0.25) is 5.02 Å². The minimum Gasteiger partial charge on any atom is -0.449 e. The average Bonchev–Trinajstić information content (AvgIpc) is 3.22. The van der Waals surface area contributed by atoms with Gasteiger partial charge in [-0.25, -0.2) is 4.79 Å². The fourth-order valence-corrected chi connectivity index (χ4v) is 4.01. The van der Waals surface area contributed by atoms with E-state index in [4.69, 9.17) is 21.1 Å². The number of carbonyl (C=O) groups is 2. The molecule has 1 saturated heterocycles. The molecular weight excluding hydrogens is 398 g/mol. The summed E-state index contributed by atoms with van der Waals surface area (Å²) < 4.78 is 11.0. The van der Waals surface area contributed by atoms with Crippen LogP contribution in [0.4, 0.5) is 5.69 Å². The van der Waals surface area contributed by atoms with E-state index < -0.39 is 18.0 Å². The lowest BCUT2D eigenvalue weighted by Gasteiger charge is -2.15. The molecule has 2 atom stereocenters. The predicted molar refractivity (Wildman–Crippen MR) is 111 cm³/mol. The first-order valence-electron chi connectivity index (χ1n) is 9.14. The molecule has 1 N–H and O–H groups in total. The third-order valence-electron chi connectivity index (χ3n) is 4.32. The topological polar surface area (TPSA) is 64.6 Å². The Kier molecular flexibility index (Phi) is 7.36. The summed E-state index contributed by atoms with van der Waals surface area (Å²) in [4.78, 5) is 25.7. The van der Waals surface area contributed by atoms with Crippen molar-refractivity contribution in [2.45, 2.75) is 36.9 Å². The van der Waals surface area contributed by atoms with Crippen LogP contribution in [0.15, 0.2) is 53.4 Å². The van der Waals surface area contributed by atoms with E-state index in [1.165, 1.54) is 0 Å². The number of hydrogen-bond acceptors (Lipinski definition) is 5. The van der Waals surface area contributed by atoms with Gasteiger partial charge in [0.25, 0.3) is 5.91 Å². The van der Waals surface area contributed by atoms with Gasteiger partial charge in [0.15, 0.2) is 6.10 Å². The molecule has 1 amide bonds. The van der Waals surface area contributed by atoms with Gasteiger partial charge in [-0.3, -0.25) is 4.79 Å². The number of benzene rings is 2. The molecule has 0 aromatic heterocycles. The van der Waals surface area contributed by atoms with Crippen molar-refractivity contribution in [1.82, 2.24) is 0 Å². The Morgan fingerprint density at radius 2 is 2.00 bits per heavy atom. The third-order valence-corrected chi connectivity index (χ3v) is 5.78. The summed E-state index contributed by atoms with van der Waals surface area (Å²) in [6, 6.07) is 14.0. The lowest BCUT2D eigenvalue weighted by Crippen LogP contribution is -2.30. The Balaban J connectivity index is 1.58. The highest BCUT2D eigenvalue weighted by Gasteiger charge is 2.22. The maximum atomic E-state index is 12.6. The van der Waals surface area contributed by atoms with Crippen molar-refractivity contribution in [3.05, 3.63) is 59.1 Å². The van der Waals surface area contributed by atoms with Gasteiger partial charge in [0, 0.05) is 28.0 Å². The summed E-state index contributed by atoms with van der Waals surface area (Å²) in [6.45, 7) is 2.35. The molecule has 3 rings (SSSR count). The van der Waals surface area contributed by atoms with Gasteiger partial charge in [-0.05, 0) is 56.2 Å². The number of thioether (sulfide) groups is 1. The molecule has 1 heterocycles. The zero-order valence-corrected chi connectivity index (χ0v) is 17.1. The number of carbonyl (C=O) groups excluding carboxylic acids is 2. The number of esters is 1. The summed E-state index contributed by atoms with van der Waals surface area (Å²) in [5.74, 6) is -0.133. The molecule has 2 aromatic carbocycles. The second-order valence-electron chi connectivity index (χ2n) is 6.49. The summed E-state index contributed by atoms with van der Waals surface area (Å²) in [6.07, 6.45) is 1.41. The number of anilines is 1. The van der Waals surface area contributed by atoms with Crippen molar-refractivity contribution < 1.29 is 19.1 Å². The van der Waals surface area contributed by atoms with Crippen LogP contribution in [0.25, 0.3) is 0 Å². The van der Waals surface area contributed by atoms with Crippen molar-refractivity contribution in [3.8, 4) is 0 Å². The molecule has 1 fully saturated rings. The van der Waals surface area contributed by atoms with E-state index in [2.05, 4.69) is 5.32 Å². The Hall–Kier alpha value is -2.02. The molecule has 7 heteroatoms. The van der Waals surface area contributed by atoms with Crippen LogP contribution in [0.3, 0.4) is 0 Å². The number of amides is 1. The molecular formula is C21H22ClNO4S. The smallest absolute Gasteiger partial charge is 0.340 e. The van der Waals surface area contributed by atoms with Gasteiger partial charge in [0.05, 0.1) is 11.7 Å². The average molecular weight is 420 g/mol. The van der Waals surface area contributed by atoms with Gasteiger partial charge >= 0.3 is 5.97 Å². The van der Waals surface area contributed by atoms with E-state index in [9.17, 15) is 9.59 Å². The molecule has 0 spiro atoms.